The highest BCUT2D eigenvalue weighted by Gasteiger charge is 2.31. The van der Waals surface area contributed by atoms with E-state index in [0.29, 0.717) is 12.5 Å². The van der Waals surface area contributed by atoms with E-state index in [9.17, 15) is 4.79 Å². The van der Waals surface area contributed by atoms with Crippen LogP contribution in [0.25, 0.3) is 0 Å². The van der Waals surface area contributed by atoms with Gasteiger partial charge >= 0.3 is 0 Å². The van der Waals surface area contributed by atoms with Crippen LogP contribution in [0.5, 0.6) is 0 Å². The lowest BCUT2D eigenvalue weighted by atomic mass is 10.1. The third-order valence-corrected chi connectivity index (χ3v) is 5.19. The Morgan fingerprint density at radius 3 is 3.14 bits per heavy atom. The predicted molar refractivity (Wildman–Crippen MR) is 88.9 cm³/mol. The molecule has 1 N–H and O–H groups in total. The van der Waals surface area contributed by atoms with Crippen molar-refractivity contribution in [1.29, 1.82) is 0 Å². The van der Waals surface area contributed by atoms with Gasteiger partial charge in [0.05, 0.1) is 6.04 Å². The van der Waals surface area contributed by atoms with Crippen molar-refractivity contribution in [3.63, 3.8) is 0 Å². The highest BCUT2D eigenvalue weighted by Crippen LogP contribution is 2.32. The smallest absolute Gasteiger partial charge is 0.224 e. The summed E-state index contributed by atoms with van der Waals surface area (Å²) in [4.78, 5) is 18.8. The molecule has 0 aliphatic carbocycles. The van der Waals surface area contributed by atoms with Crippen LogP contribution in [0.15, 0.2) is 24.5 Å². The Kier molecular flexibility index (Phi) is 6.33. The molecule has 2 aliphatic heterocycles. The zero-order valence-electron chi connectivity index (χ0n) is 12.0. The first-order valence-corrected chi connectivity index (χ1v) is 8.50. The first kappa shape index (κ1) is 16.6. The van der Waals surface area contributed by atoms with Gasteiger partial charge in [-0.1, -0.05) is 6.07 Å². The second-order valence-corrected chi connectivity index (χ2v) is 6.61. The first-order chi connectivity index (χ1) is 9.84. The standard InChI is InChI=1S/C15H21N3OS.ClH/c19-15(9-13-11-20-8-6-17-13)18-7-2-4-14(18)12-3-1-5-16-10-12;/h1,3,5,10,13-14,17H,2,4,6-9,11H2;1H. The molecule has 2 atom stereocenters. The molecular formula is C15H22ClN3OS. The topological polar surface area (TPSA) is 45.2 Å². The van der Waals surface area contributed by atoms with E-state index >= 15 is 0 Å². The van der Waals surface area contributed by atoms with Crippen molar-refractivity contribution in [2.75, 3.05) is 24.6 Å². The molecule has 1 aromatic heterocycles. The summed E-state index contributed by atoms with van der Waals surface area (Å²) in [7, 11) is 0. The van der Waals surface area contributed by atoms with Crippen molar-refractivity contribution in [3.05, 3.63) is 30.1 Å². The average molecular weight is 328 g/mol. The van der Waals surface area contributed by atoms with E-state index in [2.05, 4.69) is 21.3 Å². The first-order valence-electron chi connectivity index (χ1n) is 7.35. The average Bonchev–Trinajstić information content (AvgIpc) is 2.99. The quantitative estimate of drug-likeness (QED) is 0.925. The van der Waals surface area contributed by atoms with Gasteiger partial charge in [-0.25, -0.2) is 0 Å². The fourth-order valence-corrected chi connectivity index (χ4v) is 4.01. The van der Waals surface area contributed by atoms with E-state index in [0.717, 1.165) is 37.4 Å². The maximum atomic E-state index is 12.6. The number of likely N-dealkylation sites (tertiary alicyclic amines) is 1. The van der Waals surface area contributed by atoms with Gasteiger partial charge in [0.2, 0.25) is 5.91 Å². The summed E-state index contributed by atoms with van der Waals surface area (Å²) in [6.07, 6.45) is 6.46. The van der Waals surface area contributed by atoms with Crippen LogP contribution in [0.2, 0.25) is 0 Å². The Morgan fingerprint density at radius 2 is 2.43 bits per heavy atom. The van der Waals surface area contributed by atoms with Crippen molar-refractivity contribution in [2.24, 2.45) is 0 Å². The third kappa shape index (κ3) is 4.11. The number of aromatic nitrogens is 1. The fourth-order valence-electron chi connectivity index (χ4n) is 3.06. The normalized spacial score (nSPS) is 25.4. The van der Waals surface area contributed by atoms with Gasteiger partial charge in [0.25, 0.3) is 0 Å². The van der Waals surface area contributed by atoms with Crippen molar-refractivity contribution in [1.82, 2.24) is 15.2 Å². The van der Waals surface area contributed by atoms with Gasteiger partial charge in [-0.15, -0.1) is 12.4 Å². The fraction of sp³-hybridized carbons (Fsp3) is 0.600. The summed E-state index contributed by atoms with van der Waals surface area (Å²) in [6, 6.07) is 4.61. The molecule has 4 nitrogen and oxygen atoms in total. The van der Waals surface area contributed by atoms with Crippen molar-refractivity contribution in [2.45, 2.75) is 31.3 Å². The van der Waals surface area contributed by atoms with E-state index in [1.165, 1.54) is 5.56 Å². The monoisotopic (exact) mass is 327 g/mol. The molecule has 2 unspecified atom stereocenters. The summed E-state index contributed by atoms with van der Waals surface area (Å²) >= 11 is 1.94. The number of carbonyl (C=O) groups excluding carboxylic acids is 1. The molecule has 2 saturated heterocycles. The summed E-state index contributed by atoms with van der Waals surface area (Å²) in [5.41, 5.74) is 1.17. The highest BCUT2D eigenvalue weighted by molar-refractivity contribution is 7.99. The molecule has 0 bridgehead atoms. The summed E-state index contributed by atoms with van der Waals surface area (Å²) < 4.78 is 0. The molecule has 0 radical (unpaired) electrons. The number of amides is 1. The number of carbonyl (C=O) groups is 1. The lowest BCUT2D eigenvalue weighted by molar-refractivity contribution is -0.132. The molecule has 0 spiro atoms. The van der Waals surface area contributed by atoms with E-state index in [1.54, 1.807) is 6.20 Å². The van der Waals surface area contributed by atoms with Crippen LogP contribution < -0.4 is 5.32 Å². The minimum atomic E-state index is 0. The molecule has 6 heteroatoms. The minimum absolute atomic E-state index is 0. The van der Waals surface area contributed by atoms with Crippen LogP contribution in [0.4, 0.5) is 0 Å². The van der Waals surface area contributed by atoms with Gasteiger partial charge in [-0.2, -0.15) is 11.8 Å². The molecule has 3 rings (SSSR count). The molecule has 1 amide bonds. The number of hydrogen-bond donors (Lipinski definition) is 1. The van der Waals surface area contributed by atoms with E-state index in [4.69, 9.17) is 0 Å². The Hall–Kier alpha value is -0.780. The lowest BCUT2D eigenvalue weighted by Gasteiger charge is -2.28. The summed E-state index contributed by atoms with van der Waals surface area (Å²) in [5.74, 6) is 2.50. The SMILES string of the molecule is Cl.O=C(CC1CSCCN1)N1CCCC1c1cccnc1. The van der Waals surface area contributed by atoms with Gasteiger partial charge in [-0.3, -0.25) is 9.78 Å². The Morgan fingerprint density at radius 1 is 1.52 bits per heavy atom. The Labute approximate surface area is 136 Å². The molecule has 2 fully saturated rings. The number of nitrogens with zero attached hydrogens (tertiary/aromatic N) is 2. The highest BCUT2D eigenvalue weighted by atomic mass is 35.5. The minimum Gasteiger partial charge on any atom is -0.336 e. The second kappa shape index (κ2) is 8.01. The summed E-state index contributed by atoms with van der Waals surface area (Å²) in [6.45, 7) is 1.91. The molecular weight excluding hydrogens is 306 g/mol. The van der Waals surface area contributed by atoms with E-state index in [-0.39, 0.29) is 24.4 Å². The maximum absolute atomic E-state index is 12.6. The maximum Gasteiger partial charge on any atom is 0.224 e. The van der Waals surface area contributed by atoms with Gasteiger partial charge < -0.3 is 10.2 Å². The van der Waals surface area contributed by atoms with Crippen molar-refractivity contribution >= 4 is 30.1 Å². The Bertz CT molecular complexity index is 453. The number of nitrogens with one attached hydrogen (secondary N) is 1. The van der Waals surface area contributed by atoms with Gasteiger partial charge in [0.15, 0.2) is 0 Å². The predicted octanol–water partition coefficient (Wildman–Crippen LogP) is 2.26. The number of halogens is 1. The zero-order valence-corrected chi connectivity index (χ0v) is 13.7. The molecule has 1 aromatic rings. The van der Waals surface area contributed by atoms with Gasteiger partial charge in [-0.05, 0) is 24.5 Å². The molecule has 21 heavy (non-hydrogen) atoms. The molecule has 3 heterocycles. The van der Waals surface area contributed by atoms with Crippen LogP contribution >= 0.6 is 24.2 Å². The summed E-state index contributed by atoms with van der Waals surface area (Å²) in [5, 5.41) is 3.45. The number of hydrogen-bond acceptors (Lipinski definition) is 4. The van der Waals surface area contributed by atoms with Gasteiger partial charge in [0, 0.05) is 49.5 Å². The van der Waals surface area contributed by atoms with Crippen LogP contribution in [0, 0.1) is 0 Å². The number of thioether (sulfide) groups is 1. The van der Waals surface area contributed by atoms with E-state index in [1.807, 2.05) is 24.0 Å². The molecule has 2 aliphatic rings. The number of pyridine rings is 1. The number of rotatable bonds is 3. The lowest BCUT2D eigenvalue weighted by Crippen LogP contribution is -2.42. The van der Waals surface area contributed by atoms with Crippen LogP contribution in [0.1, 0.15) is 30.9 Å². The van der Waals surface area contributed by atoms with Crippen molar-refractivity contribution < 1.29 is 4.79 Å². The third-order valence-electron chi connectivity index (χ3n) is 4.06. The Balaban J connectivity index is 0.00000161. The molecule has 116 valence electrons. The largest absolute Gasteiger partial charge is 0.336 e. The van der Waals surface area contributed by atoms with Crippen LogP contribution in [-0.2, 0) is 4.79 Å². The molecule has 0 saturated carbocycles. The second-order valence-electron chi connectivity index (χ2n) is 5.46. The van der Waals surface area contributed by atoms with E-state index < -0.39 is 0 Å². The van der Waals surface area contributed by atoms with Crippen molar-refractivity contribution in [3.8, 4) is 0 Å². The molecule has 0 aromatic carbocycles. The van der Waals surface area contributed by atoms with Crippen LogP contribution in [-0.4, -0.2) is 46.4 Å². The van der Waals surface area contributed by atoms with Gasteiger partial charge in [0.1, 0.15) is 0 Å². The van der Waals surface area contributed by atoms with Crippen LogP contribution in [0.3, 0.4) is 0 Å². The zero-order chi connectivity index (χ0) is 13.8.